The lowest BCUT2D eigenvalue weighted by Crippen LogP contribution is -2.32. The lowest BCUT2D eigenvalue weighted by atomic mass is 10.0. The molecule has 0 aliphatic carbocycles. The van der Waals surface area contributed by atoms with Crippen LogP contribution in [0.5, 0.6) is 0 Å². The number of nitrogens with zero attached hydrogens (tertiary/aromatic N) is 1. The molecule has 0 spiro atoms. The molecular formula is C28H57NO4. The van der Waals surface area contributed by atoms with Crippen LogP contribution in [0.15, 0.2) is 0 Å². The van der Waals surface area contributed by atoms with Gasteiger partial charge in [-0.25, -0.2) is 0 Å². The predicted molar refractivity (Wildman–Crippen MR) is 139 cm³/mol. The fourth-order valence-corrected chi connectivity index (χ4v) is 4.37. The standard InChI is InChI=1S/C28H57NO4/c1-2-3-4-5-6-7-8-9-10-11-12-13-14-15-16-17-18-29-19-21-30-23-25-32-27-28-33-26-24-31-22-20-29/h2-28H2,1H3. The lowest BCUT2D eigenvalue weighted by molar-refractivity contribution is 0.00206. The quantitative estimate of drug-likeness (QED) is 0.223. The van der Waals surface area contributed by atoms with E-state index in [0.717, 1.165) is 32.8 Å². The molecule has 5 nitrogen and oxygen atoms in total. The van der Waals surface area contributed by atoms with Gasteiger partial charge >= 0.3 is 0 Å². The molecule has 1 rings (SSSR count). The molecule has 0 aromatic carbocycles. The molecule has 0 radical (unpaired) electrons. The van der Waals surface area contributed by atoms with E-state index in [-0.39, 0.29) is 0 Å². The van der Waals surface area contributed by atoms with Gasteiger partial charge in [-0.1, -0.05) is 103 Å². The number of hydrogen-bond donors (Lipinski definition) is 0. The molecule has 0 aromatic rings. The number of rotatable bonds is 17. The summed E-state index contributed by atoms with van der Waals surface area (Å²) < 4.78 is 22.4. The molecular weight excluding hydrogens is 414 g/mol. The first-order valence-corrected chi connectivity index (χ1v) is 14.5. The minimum Gasteiger partial charge on any atom is -0.378 e. The smallest absolute Gasteiger partial charge is 0.0701 e. The van der Waals surface area contributed by atoms with Crippen molar-refractivity contribution >= 4 is 0 Å². The van der Waals surface area contributed by atoms with Gasteiger partial charge in [0.1, 0.15) is 0 Å². The van der Waals surface area contributed by atoms with E-state index >= 15 is 0 Å². The number of unbranched alkanes of at least 4 members (excludes halogenated alkanes) is 15. The van der Waals surface area contributed by atoms with Gasteiger partial charge < -0.3 is 18.9 Å². The molecule has 33 heavy (non-hydrogen) atoms. The first-order valence-electron chi connectivity index (χ1n) is 14.5. The van der Waals surface area contributed by atoms with E-state index in [2.05, 4.69) is 11.8 Å². The highest BCUT2D eigenvalue weighted by Crippen LogP contribution is 2.13. The summed E-state index contributed by atoms with van der Waals surface area (Å²) in [5.41, 5.74) is 0. The van der Waals surface area contributed by atoms with Crippen LogP contribution in [-0.2, 0) is 18.9 Å². The molecule has 0 atom stereocenters. The number of hydrogen-bond acceptors (Lipinski definition) is 5. The van der Waals surface area contributed by atoms with Crippen LogP contribution in [0.1, 0.15) is 110 Å². The molecule has 0 unspecified atom stereocenters. The van der Waals surface area contributed by atoms with Gasteiger partial charge in [0.15, 0.2) is 0 Å². The second-order valence-corrected chi connectivity index (χ2v) is 9.59. The molecule has 198 valence electrons. The van der Waals surface area contributed by atoms with E-state index in [9.17, 15) is 0 Å². The van der Waals surface area contributed by atoms with E-state index in [1.807, 2.05) is 0 Å². The van der Waals surface area contributed by atoms with Crippen molar-refractivity contribution in [1.82, 2.24) is 4.90 Å². The van der Waals surface area contributed by atoms with Crippen molar-refractivity contribution in [3.05, 3.63) is 0 Å². The normalized spacial score (nSPS) is 18.1. The second-order valence-electron chi connectivity index (χ2n) is 9.59. The van der Waals surface area contributed by atoms with Crippen molar-refractivity contribution in [1.29, 1.82) is 0 Å². The van der Waals surface area contributed by atoms with E-state index in [0.29, 0.717) is 39.6 Å². The zero-order valence-corrected chi connectivity index (χ0v) is 22.2. The van der Waals surface area contributed by atoms with Crippen LogP contribution in [0.4, 0.5) is 0 Å². The Morgan fingerprint density at radius 3 is 1.06 bits per heavy atom. The molecule has 1 fully saturated rings. The average Bonchev–Trinajstić information content (AvgIpc) is 2.84. The fourth-order valence-electron chi connectivity index (χ4n) is 4.37. The largest absolute Gasteiger partial charge is 0.378 e. The first kappa shape index (κ1) is 30.8. The molecule has 0 amide bonds. The fraction of sp³-hybridized carbons (Fsp3) is 1.00. The van der Waals surface area contributed by atoms with Crippen molar-refractivity contribution in [3.63, 3.8) is 0 Å². The van der Waals surface area contributed by atoms with Gasteiger partial charge in [-0.2, -0.15) is 0 Å². The number of ether oxygens (including phenoxy) is 4. The Hall–Kier alpha value is -0.200. The van der Waals surface area contributed by atoms with E-state index in [1.54, 1.807) is 0 Å². The van der Waals surface area contributed by atoms with Gasteiger partial charge in [-0.05, 0) is 13.0 Å². The highest BCUT2D eigenvalue weighted by atomic mass is 16.6. The zero-order chi connectivity index (χ0) is 23.5. The van der Waals surface area contributed by atoms with Gasteiger partial charge in [0.2, 0.25) is 0 Å². The summed E-state index contributed by atoms with van der Waals surface area (Å²) in [5, 5.41) is 0. The summed E-state index contributed by atoms with van der Waals surface area (Å²) in [7, 11) is 0. The Kier molecular flexibility index (Phi) is 24.7. The third-order valence-corrected chi connectivity index (χ3v) is 6.55. The Bertz CT molecular complexity index is 354. The summed E-state index contributed by atoms with van der Waals surface area (Å²) in [5.74, 6) is 0. The maximum Gasteiger partial charge on any atom is 0.0701 e. The van der Waals surface area contributed by atoms with Gasteiger partial charge in [-0.3, -0.25) is 4.90 Å². The summed E-state index contributed by atoms with van der Waals surface area (Å²) >= 11 is 0. The lowest BCUT2D eigenvalue weighted by Gasteiger charge is -2.22. The molecule has 0 bridgehead atoms. The third-order valence-electron chi connectivity index (χ3n) is 6.55. The molecule has 0 N–H and O–H groups in total. The van der Waals surface area contributed by atoms with Crippen LogP contribution in [0, 0.1) is 0 Å². The maximum absolute atomic E-state index is 5.72. The van der Waals surface area contributed by atoms with Gasteiger partial charge in [0.25, 0.3) is 0 Å². The summed E-state index contributed by atoms with van der Waals surface area (Å²) in [6.07, 6.45) is 22.7. The minimum absolute atomic E-state index is 0.634. The predicted octanol–water partition coefficient (Wildman–Crippen LogP) is 6.63. The summed E-state index contributed by atoms with van der Waals surface area (Å²) in [4.78, 5) is 2.49. The molecule has 5 heteroatoms. The van der Waals surface area contributed by atoms with Crippen LogP contribution >= 0.6 is 0 Å². The van der Waals surface area contributed by atoms with Crippen LogP contribution in [0.2, 0.25) is 0 Å². The molecule has 0 saturated carbocycles. The van der Waals surface area contributed by atoms with Crippen molar-refractivity contribution in [2.75, 3.05) is 72.5 Å². The van der Waals surface area contributed by atoms with E-state index in [4.69, 9.17) is 18.9 Å². The monoisotopic (exact) mass is 471 g/mol. The Balaban J connectivity index is 1.91. The Morgan fingerprint density at radius 1 is 0.394 bits per heavy atom. The van der Waals surface area contributed by atoms with Crippen molar-refractivity contribution in [2.45, 2.75) is 110 Å². The molecule has 1 aliphatic heterocycles. The molecule has 1 aliphatic rings. The van der Waals surface area contributed by atoms with Crippen molar-refractivity contribution in [3.8, 4) is 0 Å². The van der Waals surface area contributed by atoms with Gasteiger partial charge in [0, 0.05) is 13.1 Å². The van der Waals surface area contributed by atoms with Crippen molar-refractivity contribution in [2.24, 2.45) is 0 Å². The topological polar surface area (TPSA) is 40.2 Å². The van der Waals surface area contributed by atoms with E-state index in [1.165, 1.54) is 103 Å². The first-order chi connectivity index (χ1) is 16.4. The third kappa shape index (κ3) is 23.3. The summed E-state index contributed by atoms with van der Waals surface area (Å²) in [6, 6.07) is 0. The Labute approximate surface area is 206 Å². The minimum atomic E-state index is 0.634. The average molecular weight is 472 g/mol. The SMILES string of the molecule is CCCCCCCCCCCCCCCCCCN1CCOCCOCCOCCOCC1. The molecule has 0 aromatic heterocycles. The Morgan fingerprint density at radius 2 is 0.697 bits per heavy atom. The van der Waals surface area contributed by atoms with Gasteiger partial charge in [-0.15, -0.1) is 0 Å². The highest BCUT2D eigenvalue weighted by Gasteiger charge is 2.06. The van der Waals surface area contributed by atoms with E-state index < -0.39 is 0 Å². The van der Waals surface area contributed by atoms with Crippen LogP contribution in [0.3, 0.4) is 0 Å². The summed E-state index contributed by atoms with van der Waals surface area (Å²) in [6.45, 7) is 10.9. The molecule has 1 heterocycles. The highest BCUT2D eigenvalue weighted by molar-refractivity contribution is 4.59. The zero-order valence-electron chi connectivity index (χ0n) is 22.2. The molecule has 1 saturated heterocycles. The second kappa shape index (κ2) is 26.4. The van der Waals surface area contributed by atoms with Crippen LogP contribution in [0.25, 0.3) is 0 Å². The van der Waals surface area contributed by atoms with Crippen molar-refractivity contribution < 1.29 is 18.9 Å². The van der Waals surface area contributed by atoms with Gasteiger partial charge in [0.05, 0.1) is 52.9 Å². The maximum atomic E-state index is 5.72. The van der Waals surface area contributed by atoms with Crippen LogP contribution < -0.4 is 0 Å². The van der Waals surface area contributed by atoms with Crippen LogP contribution in [-0.4, -0.2) is 77.4 Å².